The van der Waals surface area contributed by atoms with Crippen LogP contribution in [0.1, 0.15) is 49.9 Å². The molecule has 3 aliphatic heterocycles. The molecule has 2 nitrogen and oxygen atoms in total. The molecule has 0 atom stereocenters. The molecular formula is C24H20BrNO. The van der Waals surface area contributed by atoms with E-state index in [1.807, 2.05) is 0 Å². The summed E-state index contributed by atoms with van der Waals surface area (Å²) < 4.78 is 7.50. The molecule has 0 saturated carbocycles. The highest BCUT2D eigenvalue weighted by Gasteiger charge is 2.49. The molecule has 3 heteroatoms. The summed E-state index contributed by atoms with van der Waals surface area (Å²) in [7, 11) is 0. The minimum absolute atomic E-state index is 0.0724. The van der Waals surface area contributed by atoms with E-state index < -0.39 is 0 Å². The predicted octanol–water partition coefficient (Wildman–Crippen LogP) is 7.30. The van der Waals surface area contributed by atoms with Crippen molar-refractivity contribution in [1.29, 1.82) is 0 Å². The van der Waals surface area contributed by atoms with E-state index in [0.29, 0.717) is 0 Å². The summed E-state index contributed by atoms with van der Waals surface area (Å²) in [6.45, 7) is 9.31. The number of rotatable bonds is 0. The van der Waals surface area contributed by atoms with Crippen molar-refractivity contribution >= 4 is 33.0 Å². The lowest BCUT2D eigenvalue weighted by molar-refractivity contribution is 0.464. The van der Waals surface area contributed by atoms with Gasteiger partial charge in [0, 0.05) is 15.3 Å². The number of para-hydroxylation sites is 2. The Morgan fingerprint density at radius 2 is 1.26 bits per heavy atom. The van der Waals surface area contributed by atoms with Crippen molar-refractivity contribution < 1.29 is 4.74 Å². The quantitative estimate of drug-likeness (QED) is 0.297. The Hall–Kier alpha value is -2.26. The number of ether oxygens (including phenoxy) is 1. The van der Waals surface area contributed by atoms with Crippen LogP contribution in [0.2, 0.25) is 0 Å². The van der Waals surface area contributed by atoms with Gasteiger partial charge in [-0.25, -0.2) is 0 Å². The largest absolute Gasteiger partial charge is 0.453 e. The number of halogens is 1. The van der Waals surface area contributed by atoms with Gasteiger partial charge >= 0.3 is 0 Å². The molecule has 27 heavy (non-hydrogen) atoms. The standard InChI is InChI=1S/C24H20BrNO/c1-23(2)14-7-5-8-15-20(14)26-21-16(23)9-6-10-18(21)27-19-12-13(25)11-17(22(19)26)24(15,3)4/h5-12H,1-4H3. The minimum atomic E-state index is -0.0983. The molecule has 0 aliphatic carbocycles. The van der Waals surface area contributed by atoms with Crippen LogP contribution in [-0.4, -0.2) is 0 Å². The van der Waals surface area contributed by atoms with E-state index >= 15 is 0 Å². The van der Waals surface area contributed by atoms with Crippen molar-refractivity contribution in [2.45, 2.75) is 38.5 Å². The van der Waals surface area contributed by atoms with Crippen LogP contribution in [0.15, 0.2) is 53.0 Å². The highest BCUT2D eigenvalue weighted by atomic mass is 79.9. The maximum absolute atomic E-state index is 6.45. The summed E-state index contributed by atoms with van der Waals surface area (Å²) in [5.41, 5.74) is 8.96. The van der Waals surface area contributed by atoms with Crippen LogP contribution in [0.5, 0.6) is 11.5 Å². The molecule has 6 rings (SSSR count). The lowest BCUT2D eigenvalue weighted by atomic mass is 9.66. The first-order valence-electron chi connectivity index (χ1n) is 9.41. The van der Waals surface area contributed by atoms with Crippen LogP contribution in [0.3, 0.4) is 0 Å². The molecule has 0 amide bonds. The molecule has 0 aromatic heterocycles. The van der Waals surface area contributed by atoms with Gasteiger partial charge in [-0.1, -0.05) is 74.0 Å². The zero-order valence-electron chi connectivity index (χ0n) is 15.9. The minimum Gasteiger partial charge on any atom is -0.453 e. The average molecular weight is 418 g/mol. The predicted molar refractivity (Wildman–Crippen MR) is 113 cm³/mol. The third-order valence-electron chi connectivity index (χ3n) is 6.66. The van der Waals surface area contributed by atoms with Gasteiger partial charge < -0.3 is 9.64 Å². The highest BCUT2D eigenvalue weighted by molar-refractivity contribution is 9.10. The summed E-state index contributed by atoms with van der Waals surface area (Å²) in [5, 5.41) is 0. The summed E-state index contributed by atoms with van der Waals surface area (Å²) in [6, 6.07) is 17.6. The van der Waals surface area contributed by atoms with E-state index in [9.17, 15) is 0 Å². The summed E-state index contributed by atoms with van der Waals surface area (Å²) in [6.07, 6.45) is 0. The van der Waals surface area contributed by atoms with Gasteiger partial charge in [0.2, 0.25) is 0 Å². The number of benzene rings is 3. The Morgan fingerprint density at radius 1 is 0.704 bits per heavy atom. The molecule has 3 aliphatic rings. The zero-order chi connectivity index (χ0) is 18.7. The molecule has 0 N–H and O–H groups in total. The third kappa shape index (κ3) is 1.68. The van der Waals surface area contributed by atoms with Gasteiger partial charge in [-0.15, -0.1) is 0 Å². The molecule has 3 heterocycles. The van der Waals surface area contributed by atoms with Crippen LogP contribution >= 0.6 is 15.9 Å². The first-order chi connectivity index (χ1) is 12.8. The van der Waals surface area contributed by atoms with Crippen LogP contribution in [-0.2, 0) is 10.8 Å². The molecule has 0 radical (unpaired) electrons. The fourth-order valence-corrected chi connectivity index (χ4v) is 5.67. The second-order valence-corrected chi connectivity index (χ2v) is 9.76. The molecule has 3 aromatic rings. The molecule has 0 spiro atoms. The molecule has 134 valence electrons. The van der Waals surface area contributed by atoms with Crippen molar-refractivity contribution in [1.82, 2.24) is 0 Å². The second kappa shape index (κ2) is 4.59. The first kappa shape index (κ1) is 15.8. The fraction of sp³-hybridized carbons (Fsp3) is 0.250. The van der Waals surface area contributed by atoms with Crippen LogP contribution in [0.25, 0.3) is 0 Å². The van der Waals surface area contributed by atoms with Crippen LogP contribution in [0.4, 0.5) is 17.1 Å². The summed E-state index contributed by atoms with van der Waals surface area (Å²) in [5.74, 6) is 1.87. The van der Waals surface area contributed by atoms with Gasteiger partial charge in [0.25, 0.3) is 0 Å². The summed E-state index contributed by atoms with van der Waals surface area (Å²) >= 11 is 3.70. The van der Waals surface area contributed by atoms with Gasteiger partial charge in [-0.3, -0.25) is 0 Å². The van der Waals surface area contributed by atoms with Gasteiger partial charge in [-0.05, 0) is 40.5 Å². The first-order valence-corrected chi connectivity index (χ1v) is 10.2. The fourth-order valence-electron chi connectivity index (χ4n) is 5.24. The molecule has 0 unspecified atom stereocenters. The summed E-state index contributed by atoms with van der Waals surface area (Å²) in [4.78, 5) is 2.46. The lowest BCUT2D eigenvalue weighted by Crippen LogP contribution is -2.39. The average Bonchev–Trinajstić information content (AvgIpc) is 2.62. The molecule has 0 fully saturated rings. The second-order valence-electron chi connectivity index (χ2n) is 8.84. The van der Waals surface area contributed by atoms with Gasteiger partial charge in [0.15, 0.2) is 11.5 Å². The molecule has 0 bridgehead atoms. The van der Waals surface area contributed by atoms with Crippen molar-refractivity contribution in [2.75, 3.05) is 4.90 Å². The van der Waals surface area contributed by atoms with E-state index in [1.54, 1.807) is 0 Å². The van der Waals surface area contributed by atoms with Crippen molar-refractivity contribution in [3.05, 3.63) is 75.3 Å². The van der Waals surface area contributed by atoms with E-state index in [-0.39, 0.29) is 10.8 Å². The van der Waals surface area contributed by atoms with Gasteiger partial charge in [0.1, 0.15) is 0 Å². The Bertz CT molecular complexity index is 1180. The Morgan fingerprint density at radius 3 is 1.96 bits per heavy atom. The maximum atomic E-state index is 6.45. The zero-order valence-corrected chi connectivity index (χ0v) is 17.4. The Balaban J connectivity index is 1.86. The van der Waals surface area contributed by atoms with E-state index in [1.165, 1.54) is 39.3 Å². The SMILES string of the molecule is CC1(C)c2cccc3c2N2c4c(cc(Br)cc4C(C)(C)c4cccc1c42)O3. The van der Waals surface area contributed by atoms with E-state index in [0.717, 1.165) is 16.0 Å². The normalized spacial score (nSPS) is 18.6. The monoisotopic (exact) mass is 417 g/mol. The van der Waals surface area contributed by atoms with E-state index in [4.69, 9.17) is 4.74 Å². The highest BCUT2D eigenvalue weighted by Crippen LogP contribution is 2.66. The smallest absolute Gasteiger partial charge is 0.152 e. The van der Waals surface area contributed by atoms with Crippen LogP contribution < -0.4 is 9.64 Å². The van der Waals surface area contributed by atoms with Gasteiger partial charge in [0.05, 0.1) is 17.1 Å². The third-order valence-corrected chi connectivity index (χ3v) is 7.12. The molecule has 3 aromatic carbocycles. The van der Waals surface area contributed by atoms with E-state index in [2.05, 4.69) is 97.1 Å². The Kier molecular flexibility index (Phi) is 2.68. The van der Waals surface area contributed by atoms with Gasteiger partial charge in [-0.2, -0.15) is 0 Å². The topological polar surface area (TPSA) is 12.5 Å². The van der Waals surface area contributed by atoms with Crippen molar-refractivity contribution in [3.63, 3.8) is 0 Å². The Labute approximate surface area is 167 Å². The molecular weight excluding hydrogens is 398 g/mol. The number of hydrogen-bond acceptors (Lipinski definition) is 2. The number of nitrogens with zero attached hydrogens (tertiary/aromatic N) is 1. The number of hydrogen-bond donors (Lipinski definition) is 0. The maximum Gasteiger partial charge on any atom is 0.152 e. The van der Waals surface area contributed by atoms with Crippen LogP contribution in [0, 0.1) is 0 Å². The number of anilines is 3. The lowest BCUT2D eigenvalue weighted by Gasteiger charge is -2.51. The molecule has 0 saturated heterocycles. The van der Waals surface area contributed by atoms with Crippen molar-refractivity contribution in [3.8, 4) is 11.5 Å². The van der Waals surface area contributed by atoms with Crippen molar-refractivity contribution in [2.24, 2.45) is 0 Å².